The highest BCUT2D eigenvalue weighted by Gasteiger charge is 2.72. The Hall–Kier alpha value is 0.550. The summed E-state index contributed by atoms with van der Waals surface area (Å²) in [5.41, 5.74) is -0.540. The van der Waals surface area contributed by atoms with Gasteiger partial charge in [-0.05, 0) is 62.7 Å². The lowest BCUT2D eigenvalue weighted by atomic mass is 9.45. The Morgan fingerprint density at radius 2 is 2.12 bits per heavy atom. The van der Waals surface area contributed by atoms with E-state index in [2.05, 4.69) is 38.8 Å². The number of carbonyl (C=O) groups excluding carboxylic acids is 1. The van der Waals surface area contributed by atoms with Gasteiger partial charge in [-0.15, -0.1) is 0 Å². The van der Waals surface area contributed by atoms with Crippen LogP contribution in [0.25, 0.3) is 0 Å². The summed E-state index contributed by atoms with van der Waals surface area (Å²) >= 11 is 7.51. The zero-order chi connectivity index (χ0) is 18.7. The minimum atomic E-state index is -1.51. The maximum absolute atomic E-state index is 12.9. The van der Waals surface area contributed by atoms with Crippen LogP contribution in [0.3, 0.4) is 0 Å². The number of rotatable bonds is 0. The van der Waals surface area contributed by atoms with Gasteiger partial charge in [-0.3, -0.25) is 4.79 Å². The molecule has 0 unspecified atom stereocenters. The molecule has 0 radical (unpaired) electrons. The van der Waals surface area contributed by atoms with E-state index in [0.717, 1.165) is 32.1 Å². The second-order valence-electron chi connectivity index (χ2n) is 9.04. The Kier molecular flexibility index (Phi) is 3.09. The standard InChI is InChI=1S/C19H26Br2O3/c1-17-4-3-12-11(13(17)7-14(20)16(17)23)6-15-19(21)8-10(22)2-5-18(12,19)9-24-15/h10-15,22H,2-9H2,1H3/t10-,11+,12-,13-,14+,15-,17-,18-,19-/m0/s1/i6D2. The van der Waals surface area contributed by atoms with Crippen molar-refractivity contribution >= 4 is 37.6 Å². The lowest BCUT2D eigenvalue weighted by Crippen LogP contribution is -2.63. The zero-order valence-electron chi connectivity index (χ0n) is 15.9. The maximum atomic E-state index is 12.9. The SMILES string of the molecule is [2H]C1([2H])[C@@H]2[C@H](CC[C@]3(C)C(=O)[C@H](Br)C[C@@H]23)[C@@]23CC[C@H](O)C[C@]2(Br)[C@H]1OC3. The molecule has 0 aromatic heterocycles. The second-order valence-corrected chi connectivity index (χ2v) is 11.6. The first kappa shape index (κ1) is 14.6. The molecule has 4 saturated carbocycles. The summed E-state index contributed by atoms with van der Waals surface area (Å²) in [4.78, 5) is 12.7. The van der Waals surface area contributed by atoms with Crippen molar-refractivity contribution in [2.45, 2.75) is 73.2 Å². The second kappa shape index (κ2) is 5.08. The zero-order valence-corrected chi connectivity index (χ0v) is 17.1. The van der Waals surface area contributed by atoms with Crippen molar-refractivity contribution in [2.24, 2.45) is 28.6 Å². The highest BCUT2D eigenvalue weighted by Crippen LogP contribution is 2.71. The molecule has 5 heteroatoms. The van der Waals surface area contributed by atoms with Gasteiger partial charge in [-0.1, -0.05) is 38.8 Å². The molecule has 24 heavy (non-hydrogen) atoms. The summed E-state index contributed by atoms with van der Waals surface area (Å²) in [6.45, 7) is 2.64. The number of Topliss-reactive ketones (excluding diaryl/α,β-unsaturated/α-hetero) is 1. The summed E-state index contributed by atoms with van der Waals surface area (Å²) in [5, 5.41) is 10.3. The number of ether oxygens (including phenoxy) is 1. The third-order valence-electron chi connectivity index (χ3n) is 8.23. The lowest BCUT2D eigenvalue weighted by molar-refractivity contribution is -0.136. The van der Waals surface area contributed by atoms with Crippen LogP contribution in [0.5, 0.6) is 0 Å². The van der Waals surface area contributed by atoms with E-state index in [4.69, 9.17) is 7.48 Å². The van der Waals surface area contributed by atoms with Crippen LogP contribution in [0.15, 0.2) is 0 Å². The molecule has 0 aromatic carbocycles. The third kappa shape index (κ3) is 1.79. The van der Waals surface area contributed by atoms with Gasteiger partial charge >= 0.3 is 0 Å². The Morgan fingerprint density at radius 1 is 1.33 bits per heavy atom. The van der Waals surface area contributed by atoms with E-state index in [1.54, 1.807) is 0 Å². The highest BCUT2D eigenvalue weighted by molar-refractivity contribution is 9.10. The topological polar surface area (TPSA) is 46.5 Å². The fraction of sp³-hybridized carbons (Fsp3) is 0.947. The van der Waals surface area contributed by atoms with Gasteiger partial charge in [0.25, 0.3) is 0 Å². The first-order valence-electron chi connectivity index (χ1n) is 10.2. The van der Waals surface area contributed by atoms with E-state index in [9.17, 15) is 9.90 Å². The van der Waals surface area contributed by atoms with Crippen molar-refractivity contribution in [2.75, 3.05) is 6.61 Å². The third-order valence-corrected chi connectivity index (χ3v) is 10.5. The molecule has 1 aliphatic heterocycles. The van der Waals surface area contributed by atoms with Crippen molar-refractivity contribution in [3.05, 3.63) is 0 Å². The predicted molar refractivity (Wildman–Crippen MR) is 98.5 cm³/mol. The van der Waals surface area contributed by atoms with Crippen LogP contribution in [0.4, 0.5) is 0 Å². The Bertz CT molecular complexity index is 675. The number of hydrogen-bond acceptors (Lipinski definition) is 3. The quantitative estimate of drug-likeness (QED) is 0.555. The van der Waals surface area contributed by atoms with Gasteiger partial charge in [0.15, 0.2) is 5.78 Å². The number of ketones is 1. The Balaban J connectivity index is 1.65. The molecule has 2 bridgehead atoms. The predicted octanol–water partition coefficient (Wildman–Crippen LogP) is 3.84. The van der Waals surface area contributed by atoms with Crippen LogP contribution >= 0.6 is 31.9 Å². The molecular weight excluding hydrogens is 436 g/mol. The van der Waals surface area contributed by atoms with Gasteiger partial charge in [-0.25, -0.2) is 0 Å². The highest BCUT2D eigenvalue weighted by atomic mass is 79.9. The van der Waals surface area contributed by atoms with Gasteiger partial charge in [0, 0.05) is 13.6 Å². The van der Waals surface area contributed by atoms with Gasteiger partial charge < -0.3 is 9.84 Å². The molecule has 0 spiro atoms. The molecule has 5 aliphatic rings. The van der Waals surface area contributed by atoms with Crippen molar-refractivity contribution < 1.29 is 17.4 Å². The van der Waals surface area contributed by atoms with Gasteiger partial charge in [0.05, 0.1) is 28.0 Å². The fourth-order valence-corrected chi connectivity index (χ4v) is 9.08. The molecule has 1 N–H and O–H groups in total. The minimum Gasteiger partial charge on any atom is -0.393 e. The number of aliphatic hydroxyl groups excluding tert-OH is 1. The molecule has 0 aromatic rings. The monoisotopic (exact) mass is 462 g/mol. The van der Waals surface area contributed by atoms with Crippen LogP contribution in [0.1, 0.15) is 54.6 Å². The van der Waals surface area contributed by atoms with Crippen LogP contribution < -0.4 is 0 Å². The number of halogens is 2. The Morgan fingerprint density at radius 3 is 2.92 bits per heavy atom. The molecule has 134 valence electrons. The van der Waals surface area contributed by atoms with E-state index in [0.29, 0.717) is 13.0 Å². The number of alkyl halides is 2. The van der Waals surface area contributed by atoms with Crippen LogP contribution in [0, 0.1) is 28.6 Å². The van der Waals surface area contributed by atoms with Crippen molar-refractivity contribution in [3.8, 4) is 0 Å². The first-order valence-corrected chi connectivity index (χ1v) is 11.0. The molecule has 5 rings (SSSR count). The molecule has 1 saturated heterocycles. The molecule has 9 atom stereocenters. The number of fused-ring (bicyclic) bond motifs is 3. The fourth-order valence-electron chi connectivity index (χ4n) is 6.91. The van der Waals surface area contributed by atoms with Crippen molar-refractivity contribution in [1.82, 2.24) is 0 Å². The molecule has 1 heterocycles. The molecule has 5 fully saturated rings. The molecule has 0 amide bonds. The lowest BCUT2D eigenvalue weighted by Gasteiger charge is -2.61. The minimum absolute atomic E-state index is 0.0677. The normalized spacial score (nSPS) is 65.4. The molecule has 4 aliphatic carbocycles. The van der Waals surface area contributed by atoms with E-state index in [1.165, 1.54) is 0 Å². The van der Waals surface area contributed by atoms with Crippen LogP contribution in [-0.2, 0) is 9.53 Å². The largest absolute Gasteiger partial charge is 0.393 e. The summed E-state index contributed by atoms with van der Waals surface area (Å²) in [7, 11) is 0. The number of aliphatic hydroxyl groups is 1. The molecular formula is C19H26Br2O3. The number of hydrogen-bond donors (Lipinski definition) is 1. The average Bonchev–Trinajstić information content (AvgIpc) is 2.95. The van der Waals surface area contributed by atoms with Crippen molar-refractivity contribution in [1.29, 1.82) is 0 Å². The average molecular weight is 464 g/mol. The number of carbonyl (C=O) groups is 1. The van der Waals surface area contributed by atoms with Crippen molar-refractivity contribution in [3.63, 3.8) is 0 Å². The summed E-state index contributed by atoms with van der Waals surface area (Å²) in [5.74, 6) is 0.378. The van der Waals surface area contributed by atoms with E-state index in [-0.39, 0.29) is 33.8 Å². The summed E-state index contributed by atoms with van der Waals surface area (Å²) < 4.78 is 23.9. The van der Waals surface area contributed by atoms with E-state index < -0.39 is 28.3 Å². The van der Waals surface area contributed by atoms with E-state index >= 15 is 0 Å². The molecule has 3 nitrogen and oxygen atoms in total. The van der Waals surface area contributed by atoms with Gasteiger partial charge in [-0.2, -0.15) is 0 Å². The maximum Gasteiger partial charge on any atom is 0.152 e. The Labute approximate surface area is 163 Å². The first-order chi connectivity index (χ1) is 12.1. The smallest absolute Gasteiger partial charge is 0.152 e. The van der Waals surface area contributed by atoms with Gasteiger partial charge in [0.2, 0.25) is 0 Å². The van der Waals surface area contributed by atoms with Gasteiger partial charge in [0.1, 0.15) is 0 Å². The summed E-state index contributed by atoms with van der Waals surface area (Å²) in [6.07, 6.45) is 2.19. The van der Waals surface area contributed by atoms with Crippen LogP contribution in [0.2, 0.25) is 0 Å². The van der Waals surface area contributed by atoms with E-state index in [1.807, 2.05) is 0 Å². The van der Waals surface area contributed by atoms with Crippen LogP contribution in [-0.4, -0.2) is 38.9 Å². The summed E-state index contributed by atoms with van der Waals surface area (Å²) in [6, 6.07) is 0.